The Morgan fingerprint density at radius 2 is 2.07 bits per heavy atom. The molecule has 1 saturated heterocycles. The van der Waals surface area contributed by atoms with Crippen molar-refractivity contribution in [1.29, 1.82) is 0 Å². The summed E-state index contributed by atoms with van der Waals surface area (Å²) in [6, 6.07) is 4.04. The fourth-order valence-corrected chi connectivity index (χ4v) is 4.02. The highest BCUT2D eigenvalue weighted by Crippen LogP contribution is 2.35. The normalized spacial score (nSPS) is 23.8. The number of benzene rings is 1. The lowest BCUT2D eigenvalue weighted by Crippen LogP contribution is -2.52. The first kappa shape index (κ1) is 22.0. The minimum absolute atomic E-state index is 0.0365. The van der Waals surface area contributed by atoms with Gasteiger partial charge in [0.05, 0.1) is 13.7 Å². The number of rotatable bonds is 7. The second-order valence-corrected chi connectivity index (χ2v) is 8.14. The van der Waals surface area contributed by atoms with Crippen molar-refractivity contribution in [3.8, 4) is 5.75 Å². The Labute approximate surface area is 175 Å². The highest BCUT2D eigenvalue weighted by atomic mass is 19.1. The smallest absolute Gasteiger partial charge is 0.344 e. The van der Waals surface area contributed by atoms with E-state index in [9.17, 15) is 18.8 Å². The van der Waals surface area contributed by atoms with Gasteiger partial charge < -0.3 is 10.1 Å². The third-order valence-electron chi connectivity index (χ3n) is 5.96. The van der Waals surface area contributed by atoms with Crippen molar-refractivity contribution < 1.29 is 23.5 Å². The van der Waals surface area contributed by atoms with E-state index in [4.69, 9.17) is 4.74 Å². The number of hydrogen-bond donors (Lipinski definition) is 2. The molecule has 2 N–H and O–H groups in total. The van der Waals surface area contributed by atoms with E-state index in [1.54, 1.807) is 11.0 Å². The lowest BCUT2D eigenvalue weighted by atomic mass is 9.77. The van der Waals surface area contributed by atoms with Gasteiger partial charge in [0.1, 0.15) is 5.54 Å². The Morgan fingerprint density at radius 3 is 2.67 bits per heavy atom. The Hall–Kier alpha value is -2.68. The van der Waals surface area contributed by atoms with Gasteiger partial charge in [0.2, 0.25) is 0 Å². The maximum atomic E-state index is 13.9. The van der Waals surface area contributed by atoms with Gasteiger partial charge in [-0.2, -0.15) is 5.01 Å². The number of carbonyl (C=O) groups excluding carboxylic acids is 3. The fourth-order valence-electron chi connectivity index (χ4n) is 4.02. The Bertz CT molecular complexity index is 823. The zero-order chi connectivity index (χ0) is 21.9. The zero-order valence-electron chi connectivity index (χ0n) is 17.7. The molecule has 1 aromatic rings. The van der Waals surface area contributed by atoms with Crippen LogP contribution < -0.4 is 15.5 Å². The van der Waals surface area contributed by atoms with E-state index in [0.29, 0.717) is 37.4 Å². The summed E-state index contributed by atoms with van der Waals surface area (Å²) in [7, 11) is 1.40. The van der Waals surface area contributed by atoms with Crippen LogP contribution in [0.5, 0.6) is 5.75 Å². The van der Waals surface area contributed by atoms with Crippen molar-refractivity contribution >= 4 is 17.8 Å². The van der Waals surface area contributed by atoms with Crippen LogP contribution in [0.1, 0.15) is 45.1 Å². The second kappa shape index (κ2) is 8.99. The molecule has 1 spiro atoms. The van der Waals surface area contributed by atoms with Crippen LogP contribution in [0.15, 0.2) is 18.2 Å². The number of amides is 4. The number of ether oxygens (including phenoxy) is 1. The van der Waals surface area contributed by atoms with Gasteiger partial charge in [-0.05, 0) is 55.8 Å². The topological polar surface area (TPSA) is 91.0 Å². The Balaban J connectivity index is 1.59. The van der Waals surface area contributed by atoms with E-state index >= 15 is 0 Å². The number of nitrogens with one attached hydrogen (secondary N) is 2. The first-order valence-corrected chi connectivity index (χ1v) is 10.3. The predicted molar refractivity (Wildman–Crippen MR) is 108 cm³/mol. The molecule has 0 atom stereocenters. The Kier molecular flexibility index (Phi) is 6.60. The molecule has 1 saturated carbocycles. The summed E-state index contributed by atoms with van der Waals surface area (Å²) in [6.07, 6.45) is 2.87. The van der Waals surface area contributed by atoms with Gasteiger partial charge in [0.15, 0.2) is 11.6 Å². The largest absolute Gasteiger partial charge is 0.494 e. The molecule has 4 amide bonds. The fraction of sp³-hybridized carbons (Fsp3) is 0.571. The third-order valence-corrected chi connectivity index (χ3v) is 5.96. The van der Waals surface area contributed by atoms with E-state index in [1.165, 1.54) is 19.2 Å². The zero-order valence-corrected chi connectivity index (χ0v) is 17.7. The van der Waals surface area contributed by atoms with E-state index < -0.39 is 29.2 Å². The van der Waals surface area contributed by atoms with E-state index in [-0.39, 0.29) is 12.3 Å². The summed E-state index contributed by atoms with van der Waals surface area (Å²) < 4.78 is 18.8. The van der Waals surface area contributed by atoms with E-state index in [0.717, 1.165) is 17.9 Å². The highest BCUT2D eigenvalue weighted by molar-refractivity contribution is 6.08. The average Bonchev–Trinajstić information content (AvgIpc) is 2.94. The van der Waals surface area contributed by atoms with Crippen LogP contribution in [0, 0.1) is 11.7 Å². The number of halogens is 1. The molecule has 0 bridgehead atoms. The molecule has 9 heteroatoms. The molecule has 1 heterocycles. The molecule has 1 aliphatic carbocycles. The van der Waals surface area contributed by atoms with Crippen molar-refractivity contribution in [3.05, 3.63) is 29.6 Å². The quantitative estimate of drug-likeness (QED) is 0.660. The van der Waals surface area contributed by atoms with Crippen molar-refractivity contribution in [3.63, 3.8) is 0 Å². The molecule has 0 radical (unpaired) electrons. The third kappa shape index (κ3) is 4.56. The van der Waals surface area contributed by atoms with Gasteiger partial charge in [-0.1, -0.05) is 19.9 Å². The van der Waals surface area contributed by atoms with Crippen LogP contribution in [0.3, 0.4) is 0 Å². The van der Waals surface area contributed by atoms with E-state index in [1.807, 2.05) is 6.92 Å². The van der Waals surface area contributed by atoms with Gasteiger partial charge in [0.25, 0.3) is 11.8 Å². The van der Waals surface area contributed by atoms with Crippen LogP contribution in [0.25, 0.3) is 0 Å². The molecule has 3 rings (SSSR count). The average molecular weight is 420 g/mol. The Morgan fingerprint density at radius 1 is 1.37 bits per heavy atom. The van der Waals surface area contributed by atoms with Crippen LogP contribution in [-0.2, 0) is 16.1 Å². The van der Waals surface area contributed by atoms with Gasteiger partial charge in [0, 0.05) is 6.54 Å². The second-order valence-electron chi connectivity index (χ2n) is 8.14. The standard InChI is InChI=1S/C21H29FN4O4/c1-4-25(12-15-5-6-17(30-3)16(22)11-15)13-18(27)24-26-19(28)21(23-20(26)29)9-7-14(2)8-10-21/h5-6,11,14H,4,7-10,12-13H2,1-3H3,(H,23,29)(H,24,27). The van der Waals surface area contributed by atoms with Crippen molar-refractivity contribution in [1.82, 2.24) is 20.7 Å². The summed E-state index contributed by atoms with van der Waals surface area (Å²) in [5, 5.41) is 3.58. The summed E-state index contributed by atoms with van der Waals surface area (Å²) in [5.41, 5.74) is 2.23. The number of imide groups is 1. The first-order valence-electron chi connectivity index (χ1n) is 10.3. The number of methoxy groups -OCH3 is 1. The van der Waals surface area contributed by atoms with Crippen molar-refractivity contribution in [2.45, 2.75) is 51.6 Å². The van der Waals surface area contributed by atoms with Crippen molar-refractivity contribution in [2.24, 2.45) is 5.92 Å². The molecule has 1 aromatic carbocycles. The monoisotopic (exact) mass is 420 g/mol. The molecule has 0 unspecified atom stereocenters. The number of carbonyl (C=O) groups is 3. The van der Waals surface area contributed by atoms with Gasteiger partial charge in [-0.15, -0.1) is 0 Å². The minimum atomic E-state index is -0.901. The summed E-state index contributed by atoms with van der Waals surface area (Å²) in [6.45, 7) is 4.84. The molecular formula is C21H29FN4O4. The van der Waals surface area contributed by atoms with Crippen LogP contribution >= 0.6 is 0 Å². The van der Waals surface area contributed by atoms with Crippen LogP contribution in [0.2, 0.25) is 0 Å². The van der Waals surface area contributed by atoms with Gasteiger partial charge in [-0.25, -0.2) is 9.18 Å². The number of nitrogens with zero attached hydrogens (tertiary/aromatic N) is 2. The molecule has 0 aromatic heterocycles. The van der Waals surface area contributed by atoms with Crippen LogP contribution in [-0.4, -0.2) is 53.5 Å². The first-order chi connectivity index (χ1) is 14.3. The SMILES string of the molecule is CCN(CC(=O)NN1C(=O)NC2(CCC(C)CC2)C1=O)Cc1ccc(OC)c(F)c1. The molecule has 2 fully saturated rings. The summed E-state index contributed by atoms with van der Waals surface area (Å²) in [5.74, 6) is -0.667. The number of likely N-dealkylation sites (N-methyl/N-ethyl adjacent to an activating group) is 1. The number of hydrogen-bond acceptors (Lipinski definition) is 5. The van der Waals surface area contributed by atoms with Crippen molar-refractivity contribution in [2.75, 3.05) is 20.2 Å². The molecule has 30 heavy (non-hydrogen) atoms. The maximum absolute atomic E-state index is 13.9. The van der Waals surface area contributed by atoms with E-state index in [2.05, 4.69) is 17.7 Å². The highest BCUT2D eigenvalue weighted by Gasteiger charge is 2.52. The minimum Gasteiger partial charge on any atom is -0.494 e. The maximum Gasteiger partial charge on any atom is 0.344 e. The predicted octanol–water partition coefficient (Wildman–Crippen LogP) is 2.19. The lowest BCUT2D eigenvalue weighted by Gasteiger charge is -2.33. The molecule has 1 aliphatic heterocycles. The molecule has 164 valence electrons. The summed E-state index contributed by atoms with van der Waals surface area (Å²) in [4.78, 5) is 39.5. The lowest BCUT2D eigenvalue weighted by molar-refractivity contribution is -0.140. The number of urea groups is 1. The molecular weight excluding hydrogens is 391 g/mol. The van der Waals surface area contributed by atoms with Crippen LogP contribution in [0.4, 0.5) is 9.18 Å². The van der Waals surface area contributed by atoms with Gasteiger partial charge >= 0.3 is 6.03 Å². The number of hydrazine groups is 1. The molecule has 8 nitrogen and oxygen atoms in total. The molecule has 2 aliphatic rings. The summed E-state index contributed by atoms with van der Waals surface area (Å²) >= 11 is 0. The van der Waals surface area contributed by atoms with Gasteiger partial charge in [-0.3, -0.25) is 19.9 Å².